The van der Waals surface area contributed by atoms with Gasteiger partial charge >= 0.3 is 0 Å². The van der Waals surface area contributed by atoms with Crippen molar-refractivity contribution in [3.05, 3.63) is 47.5 Å². The molecule has 2 heterocycles. The number of nitrogens with zero attached hydrogens (tertiary/aromatic N) is 5. The first-order valence-corrected chi connectivity index (χ1v) is 8.01. The number of benzene rings is 1. The van der Waals surface area contributed by atoms with E-state index in [2.05, 4.69) is 52.0 Å². The molecule has 7 nitrogen and oxygen atoms in total. The van der Waals surface area contributed by atoms with Gasteiger partial charge in [0.05, 0.1) is 5.75 Å². The Bertz CT molecular complexity index is 823. The van der Waals surface area contributed by atoms with Crippen LogP contribution in [0.25, 0.3) is 5.69 Å². The van der Waals surface area contributed by atoms with Gasteiger partial charge in [0.2, 0.25) is 11.9 Å². The van der Waals surface area contributed by atoms with E-state index < -0.39 is 0 Å². The summed E-state index contributed by atoms with van der Waals surface area (Å²) in [5.74, 6) is 1.31. The van der Waals surface area contributed by atoms with Crippen LogP contribution in [-0.4, -0.2) is 24.5 Å². The normalized spacial score (nSPS) is 10.9. The highest BCUT2D eigenvalue weighted by molar-refractivity contribution is 7.98. The summed E-state index contributed by atoms with van der Waals surface area (Å²) in [6.45, 7) is 4.19. The van der Waals surface area contributed by atoms with Crippen molar-refractivity contribution in [2.75, 3.05) is 11.5 Å². The van der Waals surface area contributed by atoms with E-state index in [0.717, 1.165) is 10.8 Å². The minimum absolute atomic E-state index is 0.130. The van der Waals surface area contributed by atoms with Crippen LogP contribution in [0.3, 0.4) is 0 Å². The third-order valence-corrected chi connectivity index (χ3v) is 4.38. The molecule has 0 bridgehead atoms. The molecule has 0 spiro atoms. The van der Waals surface area contributed by atoms with Crippen LogP contribution in [0.1, 0.15) is 17.0 Å². The van der Waals surface area contributed by atoms with Gasteiger partial charge in [-0.1, -0.05) is 17.8 Å². The number of imidazole rings is 1. The van der Waals surface area contributed by atoms with Crippen molar-refractivity contribution < 1.29 is 0 Å². The molecule has 3 aromatic rings. The molecule has 0 aliphatic heterocycles. The lowest BCUT2D eigenvalue weighted by molar-refractivity contribution is 0.889. The first-order valence-electron chi connectivity index (χ1n) is 7.02. The molecule has 8 heteroatoms. The number of hydrogen-bond donors (Lipinski definition) is 2. The number of aryl methyl sites for hydroxylation is 2. The standard InChI is InChI=1S/C15H17N7S/c1-9-3-4-11(7-10(9)2)22-6-5-18-15(22)23-8-12-19-13(16)21-14(17)20-12/h3-7H,8H2,1-2H3,(H4,16,17,19,20,21). The summed E-state index contributed by atoms with van der Waals surface area (Å²) < 4.78 is 2.03. The second-order valence-electron chi connectivity index (χ2n) is 5.11. The van der Waals surface area contributed by atoms with Crippen LogP contribution in [0.5, 0.6) is 0 Å². The number of anilines is 2. The van der Waals surface area contributed by atoms with E-state index in [-0.39, 0.29) is 11.9 Å². The maximum absolute atomic E-state index is 5.59. The fraction of sp³-hybridized carbons (Fsp3) is 0.200. The molecule has 0 aliphatic carbocycles. The molecule has 1 aromatic carbocycles. The third kappa shape index (κ3) is 3.42. The lowest BCUT2D eigenvalue weighted by atomic mass is 10.1. The summed E-state index contributed by atoms with van der Waals surface area (Å²) >= 11 is 1.52. The molecular weight excluding hydrogens is 310 g/mol. The molecule has 0 unspecified atom stereocenters. The Labute approximate surface area is 138 Å². The number of aromatic nitrogens is 5. The summed E-state index contributed by atoms with van der Waals surface area (Å²) in [4.78, 5) is 16.3. The molecule has 2 aromatic heterocycles. The Morgan fingerprint density at radius 1 is 1.04 bits per heavy atom. The van der Waals surface area contributed by atoms with E-state index in [9.17, 15) is 0 Å². The van der Waals surface area contributed by atoms with Gasteiger partial charge in [0.15, 0.2) is 5.16 Å². The van der Waals surface area contributed by atoms with E-state index in [1.807, 2.05) is 10.8 Å². The number of nitrogens with two attached hydrogens (primary N) is 2. The lowest BCUT2D eigenvalue weighted by Crippen LogP contribution is -2.06. The zero-order chi connectivity index (χ0) is 16.4. The van der Waals surface area contributed by atoms with Crippen molar-refractivity contribution in [3.63, 3.8) is 0 Å². The predicted octanol–water partition coefficient (Wildman–Crippen LogP) is 2.13. The monoisotopic (exact) mass is 327 g/mol. The van der Waals surface area contributed by atoms with Crippen LogP contribution in [0, 0.1) is 13.8 Å². The van der Waals surface area contributed by atoms with Gasteiger partial charge in [-0.05, 0) is 37.1 Å². The van der Waals surface area contributed by atoms with Gasteiger partial charge in [-0.3, -0.25) is 4.57 Å². The fourth-order valence-electron chi connectivity index (χ4n) is 2.12. The SMILES string of the molecule is Cc1ccc(-n2ccnc2SCc2nc(N)nc(N)n2)cc1C. The number of rotatable bonds is 4. The second-order valence-corrected chi connectivity index (χ2v) is 6.05. The quantitative estimate of drug-likeness (QED) is 0.706. The van der Waals surface area contributed by atoms with Gasteiger partial charge in [-0.2, -0.15) is 15.0 Å². The van der Waals surface area contributed by atoms with Crippen LogP contribution < -0.4 is 11.5 Å². The van der Waals surface area contributed by atoms with Crippen molar-refractivity contribution in [3.8, 4) is 5.69 Å². The van der Waals surface area contributed by atoms with E-state index in [4.69, 9.17) is 11.5 Å². The van der Waals surface area contributed by atoms with Crippen molar-refractivity contribution in [2.45, 2.75) is 24.8 Å². The maximum atomic E-state index is 5.59. The van der Waals surface area contributed by atoms with E-state index >= 15 is 0 Å². The molecule has 3 rings (SSSR count). The molecule has 0 amide bonds. The van der Waals surface area contributed by atoms with Gasteiger partial charge in [0, 0.05) is 18.1 Å². The van der Waals surface area contributed by atoms with Crippen molar-refractivity contribution in [1.29, 1.82) is 0 Å². The van der Waals surface area contributed by atoms with Crippen LogP contribution in [0.15, 0.2) is 35.7 Å². The van der Waals surface area contributed by atoms with Crippen LogP contribution >= 0.6 is 11.8 Å². The number of nitrogen functional groups attached to an aromatic ring is 2. The van der Waals surface area contributed by atoms with Gasteiger partial charge < -0.3 is 11.5 Å². The fourth-order valence-corrected chi connectivity index (χ4v) is 2.95. The highest BCUT2D eigenvalue weighted by Gasteiger charge is 2.09. The molecule has 0 atom stereocenters. The van der Waals surface area contributed by atoms with Crippen LogP contribution in [0.2, 0.25) is 0 Å². The molecular formula is C15H17N7S. The first-order chi connectivity index (χ1) is 11.0. The summed E-state index contributed by atoms with van der Waals surface area (Å²) in [7, 11) is 0. The Morgan fingerprint density at radius 3 is 2.48 bits per heavy atom. The van der Waals surface area contributed by atoms with Crippen molar-refractivity contribution >= 4 is 23.7 Å². The summed E-state index contributed by atoms with van der Waals surface area (Å²) in [5.41, 5.74) is 14.8. The van der Waals surface area contributed by atoms with E-state index in [0.29, 0.717) is 11.6 Å². The average molecular weight is 327 g/mol. The minimum atomic E-state index is 0.130. The molecule has 0 radical (unpaired) electrons. The number of thioether (sulfide) groups is 1. The van der Waals surface area contributed by atoms with Gasteiger partial charge in [-0.15, -0.1) is 0 Å². The van der Waals surface area contributed by atoms with Crippen molar-refractivity contribution in [1.82, 2.24) is 24.5 Å². The molecule has 0 saturated heterocycles. The van der Waals surface area contributed by atoms with Crippen LogP contribution in [-0.2, 0) is 5.75 Å². The lowest BCUT2D eigenvalue weighted by Gasteiger charge is -2.09. The Morgan fingerprint density at radius 2 is 1.78 bits per heavy atom. The highest BCUT2D eigenvalue weighted by atomic mass is 32.2. The zero-order valence-electron chi connectivity index (χ0n) is 12.9. The first kappa shape index (κ1) is 15.3. The Kier molecular flexibility index (Phi) is 4.16. The molecule has 0 aliphatic rings. The summed E-state index contributed by atoms with van der Waals surface area (Å²) in [5, 5.41) is 0.853. The Balaban J connectivity index is 1.82. The topological polar surface area (TPSA) is 109 Å². The van der Waals surface area contributed by atoms with Crippen molar-refractivity contribution in [2.24, 2.45) is 0 Å². The van der Waals surface area contributed by atoms with Gasteiger partial charge in [0.25, 0.3) is 0 Å². The van der Waals surface area contributed by atoms with E-state index in [1.165, 1.54) is 22.9 Å². The summed E-state index contributed by atoms with van der Waals surface area (Å²) in [6, 6.07) is 6.32. The molecule has 0 saturated carbocycles. The zero-order valence-corrected chi connectivity index (χ0v) is 13.7. The molecule has 118 valence electrons. The molecule has 23 heavy (non-hydrogen) atoms. The second kappa shape index (κ2) is 6.25. The largest absolute Gasteiger partial charge is 0.368 e. The van der Waals surface area contributed by atoms with E-state index in [1.54, 1.807) is 6.20 Å². The maximum Gasteiger partial charge on any atom is 0.225 e. The average Bonchev–Trinajstić information content (AvgIpc) is 2.95. The van der Waals surface area contributed by atoms with Gasteiger partial charge in [-0.25, -0.2) is 4.98 Å². The predicted molar refractivity (Wildman–Crippen MR) is 91.3 cm³/mol. The Hall–Kier alpha value is -2.61. The molecule has 4 N–H and O–H groups in total. The van der Waals surface area contributed by atoms with Gasteiger partial charge in [0.1, 0.15) is 5.82 Å². The molecule has 0 fully saturated rings. The number of hydrogen-bond acceptors (Lipinski definition) is 7. The van der Waals surface area contributed by atoms with Crippen LogP contribution in [0.4, 0.5) is 11.9 Å². The third-order valence-electron chi connectivity index (χ3n) is 3.42. The highest BCUT2D eigenvalue weighted by Crippen LogP contribution is 2.24. The minimum Gasteiger partial charge on any atom is -0.368 e. The smallest absolute Gasteiger partial charge is 0.225 e. The summed E-state index contributed by atoms with van der Waals surface area (Å²) in [6.07, 6.45) is 3.70.